The molecule has 22 heavy (non-hydrogen) atoms. The number of urea groups is 1. The highest BCUT2D eigenvalue weighted by Gasteiger charge is 2.31. The number of hydrogen-bond acceptors (Lipinski definition) is 1. The number of carbonyl (C=O) groups is 1. The fourth-order valence-electron chi connectivity index (χ4n) is 1.65. The molecule has 0 heterocycles. The van der Waals surface area contributed by atoms with E-state index in [0.29, 0.717) is 5.69 Å². The van der Waals surface area contributed by atoms with Crippen molar-refractivity contribution in [3.63, 3.8) is 0 Å². The fraction of sp³-hybridized carbons (Fsp3) is 0.0714. The zero-order valence-electron chi connectivity index (χ0n) is 10.8. The van der Waals surface area contributed by atoms with E-state index in [0.717, 1.165) is 24.3 Å². The average molecular weight is 377 g/mol. The first-order valence-electron chi connectivity index (χ1n) is 5.95. The van der Waals surface area contributed by atoms with Crippen molar-refractivity contribution in [3.8, 4) is 0 Å². The number of halogens is 5. The average Bonchev–Trinajstić information content (AvgIpc) is 2.39. The molecule has 0 saturated heterocycles. The highest BCUT2D eigenvalue weighted by Crippen LogP contribution is 2.33. The van der Waals surface area contributed by atoms with E-state index < -0.39 is 23.6 Å². The van der Waals surface area contributed by atoms with Gasteiger partial charge in [0.15, 0.2) is 0 Å². The minimum atomic E-state index is -4.52. The largest absolute Gasteiger partial charge is 0.416 e. The third-order valence-electron chi connectivity index (χ3n) is 2.59. The van der Waals surface area contributed by atoms with Gasteiger partial charge in [0.2, 0.25) is 0 Å². The van der Waals surface area contributed by atoms with Crippen LogP contribution in [0.5, 0.6) is 0 Å². The normalized spacial score (nSPS) is 11.1. The van der Waals surface area contributed by atoms with Crippen LogP contribution in [0.4, 0.5) is 33.7 Å². The fourth-order valence-corrected chi connectivity index (χ4v) is 2.15. The second-order valence-electron chi connectivity index (χ2n) is 4.31. The minimum absolute atomic E-state index is 0.0266. The number of alkyl halides is 3. The maximum atomic E-state index is 12.7. The molecule has 8 heteroatoms. The standard InChI is InChI=1S/C14H9BrF4N2O/c15-9-5-8(14(17,18)19)6-12(7-9)21-13(22)20-11-3-1-10(16)2-4-11/h1-7H,(H2,20,21,22). The van der Waals surface area contributed by atoms with Crippen molar-refractivity contribution >= 4 is 33.3 Å². The highest BCUT2D eigenvalue weighted by molar-refractivity contribution is 9.10. The zero-order chi connectivity index (χ0) is 16.3. The molecule has 0 radical (unpaired) electrons. The first-order valence-corrected chi connectivity index (χ1v) is 6.75. The molecule has 2 aromatic rings. The third-order valence-corrected chi connectivity index (χ3v) is 3.04. The Balaban J connectivity index is 2.11. The van der Waals surface area contributed by atoms with E-state index in [1.165, 1.54) is 18.2 Å². The van der Waals surface area contributed by atoms with Gasteiger partial charge in [-0.25, -0.2) is 9.18 Å². The number of hydrogen-bond donors (Lipinski definition) is 2. The summed E-state index contributed by atoms with van der Waals surface area (Å²) in [5.74, 6) is -0.465. The van der Waals surface area contributed by atoms with Gasteiger partial charge in [-0.05, 0) is 42.5 Å². The van der Waals surface area contributed by atoms with Crippen molar-refractivity contribution in [2.24, 2.45) is 0 Å². The summed E-state index contributed by atoms with van der Waals surface area (Å²) in [5.41, 5.74) is -0.606. The lowest BCUT2D eigenvalue weighted by molar-refractivity contribution is -0.137. The van der Waals surface area contributed by atoms with Gasteiger partial charge >= 0.3 is 12.2 Å². The first kappa shape index (κ1) is 16.3. The van der Waals surface area contributed by atoms with E-state index in [-0.39, 0.29) is 10.2 Å². The number of anilines is 2. The Morgan fingerprint density at radius 3 is 2.14 bits per heavy atom. The van der Waals surface area contributed by atoms with Gasteiger partial charge in [-0.15, -0.1) is 0 Å². The topological polar surface area (TPSA) is 41.1 Å². The molecule has 0 unspecified atom stereocenters. The monoisotopic (exact) mass is 376 g/mol. The lowest BCUT2D eigenvalue weighted by Gasteiger charge is -2.12. The quantitative estimate of drug-likeness (QED) is 0.690. The summed E-state index contributed by atoms with van der Waals surface area (Å²) in [5, 5.41) is 4.67. The summed E-state index contributed by atoms with van der Waals surface area (Å²) in [6, 6.07) is 7.27. The van der Waals surface area contributed by atoms with Crippen LogP contribution in [0.3, 0.4) is 0 Å². The molecule has 116 valence electrons. The van der Waals surface area contributed by atoms with Crippen molar-refractivity contribution in [2.75, 3.05) is 10.6 Å². The van der Waals surface area contributed by atoms with Gasteiger partial charge in [-0.3, -0.25) is 0 Å². The lowest BCUT2D eigenvalue weighted by atomic mass is 10.2. The Bertz CT molecular complexity index is 686. The SMILES string of the molecule is O=C(Nc1ccc(F)cc1)Nc1cc(Br)cc(C(F)(F)F)c1. The summed E-state index contributed by atoms with van der Waals surface area (Å²) < 4.78 is 51.0. The Hall–Kier alpha value is -2.09. The molecule has 0 fully saturated rings. The summed E-state index contributed by atoms with van der Waals surface area (Å²) in [6.45, 7) is 0. The molecule has 3 nitrogen and oxygen atoms in total. The molecule has 2 rings (SSSR count). The summed E-state index contributed by atoms with van der Waals surface area (Å²) >= 11 is 2.96. The lowest BCUT2D eigenvalue weighted by Crippen LogP contribution is -2.19. The number of benzene rings is 2. The molecular formula is C14H9BrF4N2O. The molecule has 2 aromatic carbocycles. The van der Waals surface area contributed by atoms with Gasteiger partial charge in [0.05, 0.1) is 5.56 Å². The van der Waals surface area contributed by atoms with E-state index in [4.69, 9.17) is 0 Å². The summed E-state index contributed by atoms with van der Waals surface area (Å²) in [6.07, 6.45) is -4.52. The van der Waals surface area contributed by atoms with Crippen molar-refractivity contribution in [1.29, 1.82) is 0 Å². The third kappa shape index (κ3) is 4.45. The Kier molecular flexibility index (Phi) is 4.70. The predicted molar refractivity (Wildman–Crippen MR) is 78.2 cm³/mol. The number of rotatable bonds is 2. The first-order chi connectivity index (χ1) is 10.2. The smallest absolute Gasteiger partial charge is 0.308 e. The van der Waals surface area contributed by atoms with Crippen molar-refractivity contribution in [3.05, 3.63) is 58.3 Å². The molecule has 2 N–H and O–H groups in total. The molecule has 2 amide bonds. The molecule has 0 aliphatic heterocycles. The minimum Gasteiger partial charge on any atom is -0.308 e. The van der Waals surface area contributed by atoms with Crippen LogP contribution >= 0.6 is 15.9 Å². The number of carbonyl (C=O) groups excluding carboxylic acids is 1. The van der Waals surface area contributed by atoms with Crippen LogP contribution in [0.15, 0.2) is 46.9 Å². The molecular weight excluding hydrogens is 368 g/mol. The number of amides is 2. The van der Waals surface area contributed by atoms with Crippen LogP contribution < -0.4 is 10.6 Å². The molecule has 0 saturated carbocycles. The van der Waals surface area contributed by atoms with Gasteiger partial charge in [-0.2, -0.15) is 13.2 Å². The van der Waals surface area contributed by atoms with Crippen molar-refractivity contribution < 1.29 is 22.4 Å². The Morgan fingerprint density at radius 1 is 0.955 bits per heavy atom. The maximum absolute atomic E-state index is 12.7. The Morgan fingerprint density at radius 2 is 1.55 bits per heavy atom. The van der Waals surface area contributed by atoms with Gasteiger partial charge in [-0.1, -0.05) is 15.9 Å². The summed E-state index contributed by atoms with van der Waals surface area (Å²) in [7, 11) is 0. The molecule has 0 atom stereocenters. The zero-order valence-corrected chi connectivity index (χ0v) is 12.4. The second-order valence-corrected chi connectivity index (χ2v) is 5.23. The van der Waals surface area contributed by atoms with Crippen LogP contribution in [-0.2, 0) is 6.18 Å². The van der Waals surface area contributed by atoms with Crippen LogP contribution in [0.25, 0.3) is 0 Å². The second kappa shape index (κ2) is 6.35. The van der Waals surface area contributed by atoms with E-state index in [1.54, 1.807) is 0 Å². The van der Waals surface area contributed by atoms with E-state index in [2.05, 4.69) is 26.6 Å². The van der Waals surface area contributed by atoms with Gasteiger partial charge < -0.3 is 10.6 Å². The van der Waals surface area contributed by atoms with Crippen LogP contribution in [0.2, 0.25) is 0 Å². The predicted octanol–water partition coefficient (Wildman–Crippen LogP) is 5.25. The molecule has 0 bridgehead atoms. The maximum Gasteiger partial charge on any atom is 0.416 e. The van der Waals surface area contributed by atoms with Crippen LogP contribution in [0.1, 0.15) is 5.56 Å². The van der Waals surface area contributed by atoms with Crippen LogP contribution in [-0.4, -0.2) is 6.03 Å². The van der Waals surface area contributed by atoms with Gasteiger partial charge in [0.1, 0.15) is 5.82 Å². The van der Waals surface area contributed by atoms with Crippen LogP contribution in [0, 0.1) is 5.82 Å². The molecule has 0 aliphatic carbocycles. The van der Waals surface area contributed by atoms with Gasteiger partial charge in [0, 0.05) is 15.8 Å². The van der Waals surface area contributed by atoms with Crippen molar-refractivity contribution in [1.82, 2.24) is 0 Å². The van der Waals surface area contributed by atoms with Crippen molar-refractivity contribution in [2.45, 2.75) is 6.18 Å². The molecule has 0 aromatic heterocycles. The molecule has 0 spiro atoms. The Labute approximate surface area is 131 Å². The van der Waals surface area contributed by atoms with E-state index >= 15 is 0 Å². The molecule has 0 aliphatic rings. The highest BCUT2D eigenvalue weighted by atomic mass is 79.9. The van der Waals surface area contributed by atoms with E-state index in [9.17, 15) is 22.4 Å². The number of nitrogens with one attached hydrogen (secondary N) is 2. The van der Waals surface area contributed by atoms with E-state index in [1.807, 2.05) is 0 Å². The van der Waals surface area contributed by atoms with Gasteiger partial charge in [0.25, 0.3) is 0 Å². The summed E-state index contributed by atoms with van der Waals surface area (Å²) in [4.78, 5) is 11.7.